The summed E-state index contributed by atoms with van der Waals surface area (Å²) in [5, 5.41) is 8.54. The molecule has 0 radical (unpaired) electrons. The zero-order chi connectivity index (χ0) is 15.9. The van der Waals surface area contributed by atoms with Crippen LogP contribution in [0.4, 0.5) is 0 Å². The van der Waals surface area contributed by atoms with E-state index in [1.54, 1.807) is 30.3 Å². The van der Waals surface area contributed by atoms with Gasteiger partial charge in [-0.15, -0.1) is 0 Å². The van der Waals surface area contributed by atoms with Crippen molar-refractivity contribution in [1.29, 1.82) is 0 Å². The standard InChI is InChI=1S/C14H16O6S.Na/c1-11(14(16)20-8-7-15)9-13(21(17,18)19)10-12-5-3-2-4-6-12;/h2-6,10,15H,1,7-9H2,(H,17,18,19);/q;+1/p-1. The maximum absolute atomic E-state index is 11.5. The van der Waals surface area contributed by atoms with E-state index in [2.05, 4.69) is 11.3 Å². The van der Waals surface area contributed by atoms with Gasteiger partial charge in [-0.25, -0.2) is 13.2 Å². The number of hydrogen-bond acceptors (Lipinski definition) is 6. The van der Waals surface area contributed by atoms with Crippen LogP contribution in [-0.2, 0) is 19.6 Å². The zero-order valence-electron chi connectivity index (χ0n) is 12.2. The van der Waals surface area contributed by atoms with Gasteiger partial charge in [0, 0.05) is 16.9 Å². The number of allylic oxidation sites excluding steroid dienone is 1. The predicted octanol–water partition coefficient (Wildman–Crippen LogP) is -1.94. The molecule has 0 amide bonds. The van der Waals surface area contributed by atoms with Gasteiger partial charge < -0.3 is 14.4 Å². The third-order valence-corrected chi connectivity index (χ3v) is 3.35. The Balaban J connectivity index is 0.00000441. The van der Waals surface area contributed by atoms with Crippen molar-refractivity contribution in [2.75, 3.05) is 13.2 Å². The van der Waals surface area contributed by atoms with Gasteiger partial charge in [-0.1, -0.05) is 36.9 Å². The minimum atomic E-state index is -4.72. The largest absolute Gasteiger partial charge is 1.00 e. The summed E-state index contributed by atoms with van der Waals surface area (Å²) in [5.74, 6) is -0.855. The fraction of sp³-hybridized carbons (Fsp3) is 0.214. The predicted molar refractivity (Wildman–Crippen MR) is 75.9 cm³/mol. The van der Waals surface area contributed by atoms with E-state index in [0.29, 0.717) is 5.56 Å². The summed E-state index contributed by atoms with van der Waals surface area (Å²) in [7, 11) is -4.72. The minimum absolute atomic E-state index is 0. The third kappa shape index (κ3) is 7.35. The molecule has 8 heteroatoms. The molecular weight excluding hydrogens is 319 g/mol. The quantitative estimate of drug-likeness (QED) is 0.269. The van der Waals surface area contributed by atoms with Crippen LogP contribution in [0.1, 0.15) is 12.0 Å². The molecule has 1 aromatic rings. The number of benzene rings is 1. The van der Waals surface area contributed by atoms with Crippen LogP contribution in [0.15, 0.2) is 47.4 Å². The van der Waals surface area contributed by atoms with E-state index in [-0.39, 0.29) is 48.3 Å². The van der Waals surface area contributed by atoms with Gasteiger partial charge in [0.25, 0.3) is 0 Å². The van der Waals surface area contributed by atoms with E-state index in [1.165, 1.54) is 6.08 Å². The van der Waals surface area contributed by atoms with Crippen LogP contribution in [0.2, 0.25) is 0 Å². The molecule has 114 valence electrons. The van der Waals surface area contributed by atoms with Crippen LogP contribution >= 0.6 is 0 Å². The summed E-state index contributed by atoms with van der Waals surface area (Å²) in [6.07, 6.45) is 0.748. The molecule has 0 fully saturated rings. The number of hydrogen-bond donors (Lipinski definition) is 1. The first-order chi connectivity index (χ1) is 9.84. The number of carbonyl (C=O) groups excluding carboxylic acids is 1. The minimum Gasteiger partial charge on any atom is -0.744 e. The summed E-state index contributed by atoms with van der Waals surface area (Å²) in [5.41, 5.74) is 0.341. The van der Waals surface area contributed by atoms with E-state index in [0.717, 1.165) is 0 Å². The van der Waals surface area contributed by atoms with E-state index in [1.807, 2.05) is 0 Å². The molecule has 1 aromatic carbocycles. The first-order valence-electron chi connectivity index (χ1n) is 6.02. The van der Waals surface area contributed by atoms with Crippen LogP contribution in [-0.4, -0.2) is 37.3 Å². The van der Waals surface area contributed by atoms with Gasteiger partial charge in [-0.05, 0) is 11.6 Å². The molecule has 1 N–H and O–H groups in total. The maximum atomic E-state index is 11.5. The summed E-state index contributed by atoms with van der Waals surface area (Å²) < 4.78 is 38.4. The van der Waals surface area contributed by atoms with Crippen molar-refractivity contribution >= 4 is 22.2 Å². The van der Waals surface area contributed by atoms with Crippen LogP contribution in [0.5, 0.6) is 0 Å². The molecule has 0 aliphatic heterocycles. The average Bonchev–Trinajstić information content (AvgIpc) is 2.44. The van der Waals surface area contributed by atoms with Crippen molar-refractivity contribution in [3.8, 4) is 0 Å². The van der Waals surface area contributed by atoms with Gasteiger partial charge >= 0.3 is 35.5 Å². The van der Waals surface area contributed by atoms with Gasteiger partial charge in [0.15, 0.2) is 0 Å². The topological polar surface area (TPSA) is 104 Å². The molecule has 22 heavy (non-hydrogen) atoms. The van der Waals surface area contributed by atoms with Gasteiger partial charge in [0.05, 0.1) is 6.61 Å². The smallest absolute Gasteiger partial charge is 0.744 e. The second-order valence-electron chi connectivity index (χ2n) is 4.12. The van der Waals surface area contributed by atoms with Crippen molar-refractivity contribution < 1.29 is 57.2 Å². The number of rotatable bonds is 7. The first-order valence-corrected chi connectivity index (χ1v) is 7.42. The van der Waals surface area contributed by atoms with E-state index < -0.39 is 27.4 Å². The Bertz CT molecular complexity index is 637. The number of carbonyl (C=O) groups is 1. The monoisotopic (exact) mass is 334 g/mol. The maximum Gasteiger partial charge on any atom is 1.00 e. The summed E-state index contributed by atoms with van der Waals surface area (Å²) in [4.78, 5) is 11.0. The number of ether oxygens (including phenoxy) is 1. The van der Waals surface area contributed by atoms with Crippen LogP contribution in [0.25, 0.3) is 6.08 Å². The van der Waals surface area contributed by atoms with Crippen molar-refractivity contribution in [1.82, 2.24) is 0 Å². The summed E-state index contributed by atoms with van der Waals surface area (Å²) in [6.45, 7) is 2.82. The molecule has 0 saturated carbocycles. The van der Waals surface area contributed by atoms with E-state index in [9.17, 15) is 17.8 Å². The molecule has 0 aliphatic carbocycles. The Morgan fingerprint density at radius 2 is 1.91 bits per heavy atom. The molecule has 1 rings (SSSR count). The Kier molecular flexibility index (Phi) is 9.50. The molecule has 0 atom stereocenters. The van der Waals surface area contributed by atoms with E-state index in [4.69, 9.17) is 5.11 Å². The molecule has 0 aliphatic rings. The first kappa shape index (κ1) is 21.0. The van der Waals surface area contributed by atoms with Crippen LogP contribution in [0.3, 0.4) is 0 Å². The SMILES string of the molecule is C=C(CC(=Cc1ccccc1)S(=O)(=O)[O-])C(=O)OCCO.[Na+]. The van der Waals surface area contributed by atoms with Gasteiger partial charge in [0.2, 0.25) is 0 Å². The van der Waals surface area contributed by atoms with Crippen molar-refractivity contribution in [3.05, 3.63) is 53.0 Å². The third-order valence-electron chi connectivity index (χ3n) is 2.45. The van der Waals surface area contributed by atoms with Gasteiger partial charge in [-0.3, -0.25) is 0 Å². The van der Waals surface area contributed by atoms with E-state index >= 15 is 0 Å². The van der Waals surface area contributed by atoms with Crippen LogP contribution < -0.4 is 29.6 Å². The molecule has 6 nitrogen and oxygen atoms in total. The second-order valence-corrected chi connectivity index (χ2v) is 5.55. The number of aliphatic hydroxyl groups excluding tert-OH is 1. The Labute approximate surface area is 151 Å². The van der Waals surface area contributed by atoms with Crippen molar-refractivity contribution in [2.45, 2.75) is 6.42 Å². The Morgan fingerprint density at radius 3 is 2.41 bits per heavy atom. The zero-order valence-corrected chi connectivity index (χ0v) is 15.0. The van der Waals surface area contributed by atoms with Gasteiger partial charge in [-0.2, -0.15) is 0 Å². The Morgan fingerprint density at radius 1 is 1.32 bits per heavy atom. The Hall–Kier alpha value is -0.960. The molecular formula is C14H15NaO6S. The molecule has 0 bridgehead atoms. The second kappa shape index (κ2) is 9.94. The summed E-state index contributed by atoms with van der Waals surface area (Å²) >= 11 is 0. The number of aliphatic hydroxyl groups is 1. The fourth-order valence-corrected chi connectivity index (χ4v) is 2.10. The molecule has 0 unspecified atom stereocenters. The van der Waals surface area contributed by atoms with Crippen LogP contribution in [0, 0.1) is 0 Å². The molecule has 0 aromatic heterocycles. The van der Waals surface area contributed by atoms with Gasteiger partial charge in [0.1, 0.15) is 16.7 Å². The molecule has 0 spiro atoms. The fourth-order valence-electron chi connectivity index (χ4n) is 1.47. The van der Waals surface area contributed by atoms with Crippen molar-refractivity contribution in [3.63, 3.8) is 0 Å². The summed E-state index contributed by atoms with van der Waals surface area (Å²) in [6, 6.07) is 8.36. The normalized spacial score (nSPS) is 11.5. The molecule has 0 heterocycles. The molecule has 0 saturated heterocycles. The van der Waals surface area contributed by atoms with Crippen molar-refractivity contribution in [2.24, 2.45) is 0 Å². The number of esters is 1. The average molecular weight is 334 g/mol.